The lowest BCUT2D eigenvalue weighted by molar-refractivity contribution is 0.299. The third-order valence-corrected chi connectivity index (χ3v) is 1.82. The molecule has 0 N–H and O–H groups in total. The van der Waals surface area contributed by atoms with Crippen LogP contribution in [0.1, 0.15) is 6.42 Å². The summed E-state index contributed by atoms with van der Waals surface area (Å²) in [5, 5.41) is 0. The van der Waals surface area contributed by atoms with Gasteiger partial charge in [-0.05, 0) is 6.08 Å². The van der Waals surface area contributed by atoms with Crippen LogP contribution in [0.15, 0.2) is 29.4 Å². The summed E-state index contributed by atoms with van der Waals surface area (Å²) < 4.78 is 0. The Kier molecular flexibility index (Phi) is 1.31. The maximum atomic E-state index is 4.21. The third-order valence-electron chi connectivity index (χ3n) is 1.82. The highest BCUT2D eigenvalue weighted by Crippen LogP contribution is 2.13. The molecule has 0 saturated carbocycles. The first-order valence-electron chi connectivity index (χ1n) is 3.57. The molecule has 52 valence electrons. The van der Waals surface area contributed by atoms with Crippen LogP contribution in [0.25, 0.3) is 0 Å². The van der Waals surface area contributed by atoms with Crippen LogP contribution >= 0.6 is 0 Å². The van der Waals surface area contributed by atoms with Gasteiger partial charge in [-0.3, -0.25) is 4.99 Å². The topological polar surface area (TPSA) is 15.6 Å². The maximum Gasteiger partial charge on any atom is 0.125 e. The van der Waals surface area contributed by atoms with Crippen LogP contribution in [0.2, 0.25) is 0 Å². The molecule has 0 amide bonds. The van der Waals surface area contributed by atoms with Crippen LogP contribution in [0.3, 0.4) is 0 Å². The molecule has 0 bridgehead atoms. The Hall–Kier alpha value is -1.05. The minimum absolute atomic E-state index is 0.432. The molecule has 1 unspecified atom stereocenters. The average molecular weight is 134 g/mol. The molecule has 2 nitrogen and oxygen atoms in total. The molecule has 0 aromatic rings. The van der Waals surface area contributed by atoms with E-state index in [1.165, 1.54) is 0 Å². The van der Waals surface area contributed by atoms with E-state index in [4.69, 9.17) is 0 Å². The van der Waals surface area contributed by atoms with E-state index in [1.54, 1.807) is 0 Å². The molecule has 0 aliphatic carbocycles. The van der Waals surface area contributed by atoms with Crippen molar-refractivity contribution in [2.75, 3.05) is 6.54 Å². The fourth-order valence-corrected chi connectivity index (χ4v) is 1.12. The highest BCUT2D eigenvalue weighted by Gasteiger charge is 2.16. The van der Waals surface area contributed by atoms with Gasteiger partial charge in [0.15, 0.2) is 0 Å². The van der Waals surface area contributed by atoms with Crippen LogP contribution in [0.4, 0.5) is 0 Å². The van der Waals surface area contributed by atoms with Gasteiger partial charge in [-0.1, -0.05) is 12.2 Å². The van der Waals surface area contributed by atoms with Gasteiger partial charge in [0.05, 0.1) is 0 Å². The Morgan fingerprint density at radius 2 is 2.30 bits per heavy atom. The summed E-state index contributed by atoms with van der Waals surface area (Å²) in [5.74, 6) is 0. The van der Waals surface area contributed by atoms with Gasteiger partial charge in [-0.15, -0.1) is 0 Å². The fraction of sp³-hybridized carbons (Fsp3) is 0.375. The molecule has 1 atom stereocenters. The minimum atomic E-state index is 0.432. The molecule has 0 saturated heterocycles. The largest absolute Gasteiger partial charge is 0.352 e. The summed E-state index contributed by atoms with van der Waals surface area (Å²) in [7, 11) is 0. The van der Waals surface area contributed by atoms with Crippen molar-refractivity contribution < 1.29 is 0 Å². The second kappa shape index (κ2) is 2.29. The van der Waals surface area contributed by atoms with Crippen LogP contribution in [0, 0.1) is 0 Å². The molecule has 0 aromatic heterocycles. The van der Waals surface area contributed by atoms with Gasteiger partial charge in [0.25, 0.3) is 0 Å². The molecule has 2 aliphatic rings. The van der Waals surface area contributed by atoms with Crippen LogP contribution in [-0.2, 0) is 0 Å². The number of rotatable bonds is 1. The van der Waals surface area contributed by atoms with E-state index in [-0.39, 0.29) is 0 Å². The molecular weight excluding hydrogens is 124 g/mol. The quantitative estimate of drug-likeness (QED) is 0.525. The fourth-order valence-electron chi connectivity index (χ4n) is 1.12. The number of nitrogens with zero attached hydrogens (tertiary/aromatic N) is 2. The minimum Gasteiger partial charge on any atom is -0.352 e. The van der Waals surface area contributed by atoms with Crippen LogP contribution in [-0.4, -0.2) is 23.8 Å². The summed E-state index contributed by atoms with van der Waals surface area (Å²) in [6.45, 7) is 1.01. The smallest absolute Gasteiger partial charge is 0.125 e. The highest BCUT2D eigenvalue weighted by molar-refractivity contribution is 5.64. The maximum absolute atomic E-state index is 4.21. The van der Waals surface area contributed by atoms with E-state index in [9.17, 15) is 0 Å². The van der Waals surface area contributed by atoms with E-state index in [1.807, 2.05) is 6.21 Å². The Balaban J connectivity index is 2.00. The van der Waals surface area contributed by atoms with Crippen molar-refractivity contribution in [2.45, 2.75) is 12.6 Å². The van der Waals surface area contributed by atoms with Crippen molar-refractivity contribution in [1.82, 2.24) is 4.90 Å². The number of aliphatic imine (C=N–C) groups is 1. The van der Waals surface area contributed by atoms with E-state index >= 15 is 0 Å². The van der Waals surface area contributed by atoms with Crippen molar-refractivity contribution in [3.05, 3.63) is 24.4 Å². The first kappa shape index (κ1) is 5.71. The van der Waals surface area contributed by atoms with E-state index in [2.05, 4.69) is 34.3 Å². The number of hydrogen-bond acceptors (Lipinski definition) is 2. The number of hydrogen-bond donors (Lipinski definition) is 0. The number of allylic oxidation sites excluding steroid dienone is 2. The van der Waals surface area contributed by atoms with Gasteiger partial charge in [0, 0.05) is 25.4 Å². The molecule has 2 rings (SSSR count). The van der Waals surface area contributed by atoms with Gasteiger partial charge in [-0.25, -0.2) is 0 Å². The first-order chi connectivity index (χ1) is 4.97. The Bertz CT molecular complexity index is 203. The normalized spacial score (nSPS) is 28.8. The van der Waals surface area contributed by atoms with Crippen molar-refractivity contribution in [1.29, 1.82) is 0 Å². The third kappa shape index (κ3) is 0.856. The van der Waals surface area contributed by atoms with Crippen LogP contribution < -0.4 is 0 Å². The Labute approximate surface area is 60.6 Å². The van der Waals surface area contributed by atoms with Crippen molar-refractivity contribution in [3.8, 4) is 0 Å². The van der Waals surface area contributed by atoms with Gasteiger partial charge in [-0.2, -0.15) is 0 Å². The zero-order chi connectivity index (χ0) is 6.81. The van der Waals surface area contributed by atoms with E-state index in [0.717, 1.165) is 13.0 Å². The second-order valence-corrected chi connectivity index (χ2v) is 2.51. The molecular formula is C8H10N2. The lowest BCUT2D eigenvalue weighted by atomic mass is 10.2. The first-order valence-corrected chi connectivity index (χ1v) is 3.57. The summed E-state index contributed by atoms with van der Waals surface area (Å²) in [6, 6.07) is 0. The van der Waals surface area contributed by atoms with Crippen molar-refractivity contribution in [2.24, 2.45) is 4.99 Å². The van der Waals surface area contributed by atoms with Crippen molar-refractivity contribution >= 4 is 6.21 Å². The highest BCUT2D eigenvalue weighted by atomic mass is 15.2. The summed E-state index contributed by atoms with van der Waals surface area (Å²) in [4.78, 5) is 6.44. The van der Waals surface area contributed by atoms with E-state index < -0.39 is 0 Å². The monoisotopic (exact) mass is 134 g/mol. The molecule has 2 heteroatoms. The standard InChI is InChI=1S/C8H10N2/c1-2-6-10(7-3-1)8-4-5-9-8/h1-3,5-6,8H,4,7H2. The van der Waals surface area contributed by atoms with Gasteiger partial charge in [0.1, 0.15) is 6.17 Å². The summed E-state index contributed by atoms with van der Waals surface area (Å²) >= 11 is 0. The van der Waals surface area contributed by atoms with Crippen LogP contribution in [0.5, 0.6) is 0 Å². The lowest BCUT2D eigenvalue weighted by Gasteiger charge is -2.30. The SMILES string of the molecule is C1=CCN(C2CC=N2)C=C1. The molecule has 0 fully saturated rings. The van der Waals surface area contributed by atoms with Gasteiger partial charge in [0.2, 0.25) is 0 Å². The Morgan fingerprint density at radius 3 is 2.80 bits per heavy atom. The van der Waals surface area contributed by atoms with E-state index in [0.29, 0.717) is 6.17 Å². The Morgan fingerprint density at radius 1 is 1.40 bits per heavy atom. The molecule has 0 aromatic carbocycles. The predicted octanol–water partition coefficient (Wildman–Crippen LogP) is 1.17. The van der Waals surface area contributed by atoms with Crippen molar-refractivity contribution in [3.63, 3.8) is 0 Å². The predicted molar refractivity (Wildman–Crippen MR) is 41.9 cm³/mol. The summed E-state index contributed by atoms with van der Waals surface area (Å²) in [6.07, 6.45) is 11.9. The average Bonchev–Trinajstić information content (AvgIpc) is 1.86. The zero-order valence-electron chi connectivity index (χ0n) is 5.77. The second-order valence-electron chi connectivity index (χ2n) is 2.51. The van der Waals surface area contributed by atoms with Gasteiger partial charge >= 0.3 is 0 Å². The zero-order valence-corrected chi connectivity index (χ0v) is 5.77. The molecule has 10 heavy (non-hydrogen) atoms. The van der Waals surface area contributed by atoms with Gasteiger partial charge < -0.3 is 4.90 Å². The lowest BCUT2D eigenvalue weighted by Crippen LogP contribution is -2.34. The molecule has 2 heterocycles. The molecule has 0 spiro atoms. The molecule has 0 radical (unpaired) electrons. The molecule has 2 aliphatic heterocycles. The summed E-state index contributed by atoms with van der Waals surface area (Å²) in [5.41, 5.74) is 0.